The van der Waals surface area contributed by atoms with Gasteiger partial charge in [-0.1, -0.05) is 215 Å². The Bertz CT molecular complexity index is 1220. The molecule has 1 aliphatic rings. The molecule has 0 amide bonds. The second kappa shape index (κ2) is 46.7. The number of carbonyl (C=O) groups excluding carboxylic acids is 1. The molecule has 0 radical (unpaired) electrons. The van der Waals surface area contributed by atoms with Crippen LogP contribution >= 0.6 is 0 Å². The van der Waals surface area contributed by atoms with Crippen molar-refractivity contribution in [3.8, 4) is 0 Å². The van der Waals surface area contributed by atoms with E-state index in [9.17, 15) is 25.2 Å². The molecule has 0 aromatic heterocycles. The Morgan fingerprint density at radius 1 is 0.508 bits per heavy atom. The maximum Gasteiger partial charge on any atom is 0.306 e. The van der Waals surface area contributed by atoms with E-state index in [1.807, 2.05) is 0 Å². The molecule has 6 unspecified atom stereocenters. The number of ether oxygens (including phenoxy) is 4. The molecule has 0 aliphatic carbocycles. The van der Waals surface area contributed by atoms with Crippen molar-refractivity contribution in [2.45, 2.75) is 250 Å². The molecule has 1 heterocycles. The van der Waals surface area contributed by atoms with Crippen molar-refractivity contribution in [3.05, 3.63) is 72.9 Å². The zero-order valence-corrected chi connectivity index (χ0v) is 41.5. The van der Waals surface area contributed by atoms with Crippen LogP contribution in [-0.2, 0) is 23.7 Å². The van der Waals surface area contributed by atoms with Crippen molar-refractivity contribution in [1.29, 1.82) is 0 Å². The topological polar surface area (TPSA) is 135 Å². The lowest BCUT2D eigenvalue weighted by Crippen LogP contribution is -2.59. The fraction of sp³-hybridized carbons (Fsp3) is 0.768. The molecule has 0 bridgehead atoms. The van der Waals surface area contributed by atoms with Gasteiger partial charge in [-0.05, 0) is 64.2 Å². The van der Waals surface area contributed by atoms with Gasteiger partial charge in [-0.15, -0.1) is 0 Å². The van der Waals surface area contributed by atoms with E-state index in [1.165, 1.54) is 109 Å². The summed E-state index contributed by atoms with van der Waals surface area (Å²) < 4.78 is 22.9. The lowest BCUT2D eigenvalue weighted by molar-refractivity contribution is -0.305. The van der Waals surface area contributed by atoms with Crippen molar-refractivity contribution in [1.82, 2.24) is 0 Å². The van der Waals surface area contributed by atoms with Crippen LogP contribution in [0.5, 0.6) is 0 Å². The lowest BCUT2D eigenvalue weighted by Gasteiger charge is -2.39. The third-order valence-corrected chi connectivity index (χ3v) is 11.9. The normalized spacial score (nSPS) is 20.0. The summed E-state index contributed by atoms with van der Waals surface area (Å²) >= 11 is 0. The molecule has 4 N–H and O–H groups in total. The predicted octanol–water partition coefficient (Wildman–Crippen LogP) is 13.2. The van der Waals surface area contributed by atoms with E-state index in [4.69, 9.17) is 18.9 Å². The van der Waals surface area contributed by atoms with Gasteiger partial charge in [0.25, 0.3) is 0 Å². The van der Waals surface area contributed by atoms with Crippen LogP contribution in [0.3, 0.4) is 0 Å². The minimum absolute atomic E-state index is 0.121. The average molecular weight is 915 g/mol. The van der Waals surface area contributed by atoms with Gasteiger partial charge in [-0.3, -0.25) is 4.79 Å². The Labute approximate surface area is 397 Å². The molecule has 9 nitrogen and oxygen atoms in total. The Hall–Kier alpha value is -2.37. The van der Waals surface area contributed by atoms with E-state index in [0.29, 0.717) is 13.0 Å². The van der Waals surface area contributed by atoms with Crippen LogP contribution in [0, 0.1) is 0 Å². The standard InChI is InChI=1S/C56H98O9/c1-3-5-7-9-11-13-15-17-19-21-23-25-26-28-30-32-34-36-38-40-42-44-46-62-48-50(49-63-56-55(61)54(60)53(59)51(47-57)65-56)64-52(58)45-43-41-39-37-35-33-31-29-27-24-22-20-18-16-14-12-10-8-6-4-2/h5,7,11,13,17,19,23,25,28,30,34,36,50-51,53-57,59-61H,3-4,6,8-10,12,14-16,18,20-22,24,26-27,29,31-33,35,37-49H2,1-2H3/b7-5-,13-11-,19-17-,25-23-,30-28-,36-34-. The molecule has 0 spiro atoms. The number of hydrogen-bond donors (Lipinski definition) is 4. The molecule has 0 aromatic carbocycles. The van der Waals surface area contributed by atoms with Crippen LogP contribution in [0.25, 0.3) is 0 Å². The highest BCUT2D eigenvalue weighted by atomic mass is 16.7. The summed E-state index contributed by atoms with van der Waals surface area (Å²) in [4.78, 5) is 12.9. The monoisotopic (exact) mass is 915 g/mol. The Morgan fingerprint density at radius 2 is 0.938 bits per heavy atom. The highest BCUT2D eigenvalue weighted by Gasteiger charge is 2.44. The first-order valence-electron chi connectivity index (χ1n) is 26.5. The van der Waals surface area contributed by atoms with Crippen LogP contribution in [0.2, 0.25) is 0 Å². The summed E-state index contributed by atoms with van der Waals surface area (Å²) in [6, 6.07) is 0. The highest BCUT2D eigenvalue weighted by Crippen LogP contribution is 2.23. The van der Waals surface area contributed by atoms with Gasteiger partial charge in [0.15, 0.2) is 6.29 Å². The summed E-state index contributed by atoms with van der Waals surface area (Å²) in [5.74, 6) is -0.324. The zero-order chi connectivity index (χ0) is 47.1. The quantitative estimate of drug-likeness (QED) is 0.0267. The third-order valence-electron chi connectivity index (χ3n) is 11.9. The first-order valence-corrected chi connectivity index (χ1v) is 26.5. The van der Waals surface area contributed by atoms with Gasteiger partial charge in [0, 0.05) is 13.0 Å². The van der Waals surface area contributed by atoms with Crippen molar-refractivity contribution >= 4 is 5.97 Å². The summed E-state index contributed by atoms with van der Waals surface area (Å²) in [6.45, 7) is 4.38. The van der Waals surface area contributed by atoms with E-state index in [1.54, 1.807) is 0 Å². The lowest BCUT2D eigenvalue weighted by atomic mass is 9.99. The maximum atomic E-state index is 12.9. The molecule has 9 heteroatoms. The SMILES string of the molecule is CC/C=C\C/C=C\C/C=C\C/C=C\C/C=C\C/C=C\CCCCCOCC(COC1OC(CO)C(O)C(O)C1O)OC(=O)CCCCCCCCCCCCCCCCCCCCCC. The summed E-state index contributed by atoms with van der Waals surface area (Å²) in [5, 5.41) is 40.3. The minimum Gasteiger partial charge on any atom is -0.457 e. The van der Waals surface area contributed by atoms with Gasteiger partial charge >= 0.3 is 5.97 Å². The van der Waals surface area contributed by atoms with Crippen LogP contribution in [0.4, 0.5) is 0 Å². The molecular weight excluding hydrogens is 817 g/mol. The number of hydrogen-bond acceptors (Lipinski definition) is 9. The van der Waals surface area contributed by atoms with E-state index in [0.717, 1.165) is 83.5 Å². The van der Waals surface area contributed by atoms with Gasteiger partial charge in [-0.25, -0.2) is 0 Å². The van der Waals surface area contributed by atoms with Crippen LogP contribution in [-0.4, -0.2) is 89.6 Å². The van der Waals surface area contributed by atoms with Crippen LogP contribution in [0.1, 0.15) is 213 Å². The van der Waals surface area contributed by atoms with Crippen molar-refractivity contribution in [2.75, 3.05) is 26.4 Å². The number of esters is 1. The molecule has 0 aromatic rings. The van der Waals surface area contributed by atoms with Crippen molar-refractivity contribution in [2.24, 2.45) is 0 Å². The maximum absolute atomic E-state index is 12.9. The van der Waals surface area contributed by atoms with E-state index >= 15 is 0 Å². The van der Waals surface area contributed by atoms with E-state index in [-0.39, 0.29) is 19.2 Å². The number of rotatable bonds is 45. The van der Waals surface area contributed by atoms with E-state index in [2.05, 4.69) is 86.8 Å². The number of unbranched alkanes of at least 4 members (excludes halogenated alkanes) is 22. The molecule has 1 rings (SSSR count). The van der Waals surface area contributed by atoms with E-state index < -0.39 is 43.4 Å². The van der Waals surface area contributed by atoms with Gasteiger partial charge in [0.1, 0.15) is 30.5 Å². The van der Waals surface area contributed by atoms with Gasteiger partial charge in [0.05, 0.1) is 19.8 Å². The second-order valence-corrected chi connectivity index (χ2v) is 17.9. The summed E-state index contributed by atoms with van der Waals surface area (Å²) in [6.07, 6.45) is 55.1. The zero-order valence-electron chi connectivity index (χ0n) is 41.5. The minimum atomic E-state index is -1.55. The predicted molar refractivity (Wildman–Crippen MR) is 270 cm³/mol. The van der Waals surface area contributed by atoms with Crippen molar-refractivity contribution in [3.63, 3.8) is 0 Å². The molecule has 1 fully saturated rings. The van der Waals surface area contributed by atoms with Crippen LogP contribution in [0.15, 0.2) is 72.9 Å². The Balaban J connectivity index is 2.23. The van der Waals surface area contributed by atoms with Gasteiger partial charge < -0.3 is 39.4 Å². The van der Waals surface area contributed by atoms with Gasteiger partial charge in [-0.2, -0.15) is 0 Å². The third kappa shape index (κ3) is 37.3. The smallest absolute Gasteiger partial charge is 0.306 e. The summed E-state index contributed by atoms with van der Waals surface area (Å²) in [7, 11) is 0. The Kier molecular flexibility index (Phi) is 43.6. The first kappa shape index (κ1) is 60.6. The number of carbonyl (C=O) groups is 1. The van der Waals surface area contributed by atoms with Crippen LogP contribution < -0.4 is 0 Å². The fourth-order valence-corrected chi connectivity index (χ4v) is 7.79. The molecule has 376 valence electrons. The Morgan fingerprint density at radius 3 is 1.40 bits per heavy atom. The molecule has 65 heavy (non-hydrogen) atoms. The first-order chi connectivity index (χ1) is 31.9. The fourth-order valence-electron chi connectivity index (χ4n) is 7.79. The average Bonchev–Trinajstić information content (AvgIpc) is 3.31. The second-order valence-electron chi connectivity index (χ2n) is 17.9. The number of aliphatic hydroxyl groups excluding tert-OH is 4. The number of allylic oxidation sites excluding steroid dienone is 12. The van der Waals surface area contributed by atoms with Crippen molar-refractivity contribution < 1.29 is 44.2 Å². The van der Waals surface area contributed by atoms with Gasteiger partial charge in [0.2, 0.25) is 0 Å². The highest BCUT2D eigenvalue weighted by molar-refractivity contribution is 5.69. The molecule has 0 saturated carbocycles. The summed E-state index contributed by atoms with van der Waals surface area (Å²) in [5.41, 5.74) is 0. The molecular formula is C56H98O9. The molecule has 6 atom stereocenters. The molecule has 1 saturated heterocycles. The molecule has 1 aliphatic heterocycles. The number of aliphatic hydroxyl groups is 4. The largest absolute Gasteiger partial charge is 0.457 e.